The summed E-state index contributed by atoms with van der Waals surface area (Å²) < 4.78 is 30.2. The summed E-state index contributed by atoms with van der Waals surface area (Å²) in [5.74, 6) is 0.980. The number of hydrogen-bond acceptors (Lipinski definition) is 5. The maximum absolute atomic E-state index is 11.5. The van der Waals surface area contributed by atoms with Crippen LogP contribution in [0.3, 0.4) is 0 Å². The third-order valence-electron chi connectivity index (χ3n) is 3.37. The molecular weight excluding hydrogens is 282 g/mol. The Morgan fingerprint density at radius 2 is 1.84 bits per heavy atom. The fraction of sp³-hybridized carbons (Fsp3) is 0.417. The van der Waals surface area contributed by atoms with E-state index in [4.69, 9.17) is 0 Å². The second kappa shape index (κ2) is 4.73. The molecule has 0 N–H and O–H groups in total. The fourth-order valence-corrected chi connectivity index (χ4v) is 3.95. The molecule has 2 heterocycles. The van der Waals surface area contributed by atoms with Gasteiger partial charge >= 0.3 is 0 Å². The van der Waals surface area contributed by atoms with E-state index in [2.05, 4.69) is 21.4 Å². The first kappa shape index (κ1) is 12.8. The van der Waals surface area contributed by atoms with Crippen molar-refractivity contribution in [1.29, 1.82) is 0 Å². The van der Waals surface area contributed by atoms with Crippen LogP contribution in [0.2, 0.25) is 0 Å². The van der Waals surface area contributed by atoms with Crippen LogP contribution in [-0.2, 0) is 10.0 Å². The van der Waals surface area contributed by atoms with Gasteiger partial charge in [-0.1, -0.05) is 12.1 Å². The first-order valence-corrected chi connectivity index (χ1v) is 8.72. The van der Waals surface area contributed by atoms with Crippen molar-refractivity contribution < 1.29 is 8.42 Å². The average molecular weight is 297 g/mol. The number of benzene rings is 1. The van der Waals surface area contributed by atoms with E-state index in [0.717, 1.165) is 11.2 Å². The molecule has 1 aliphatic rings. The summed E-state index contributed by atoms with van der Waals surface area (Å²) in [6.07, 6.45) is 1.26. The van der Waals surface area contributed by atoms with Crippen LogP contribution in [0.25, 0.3) is 10.1 Å². The van der Waals surface area contributed by atoms with Crippen molar-refractivity contribution in [3.05, 3.63) is 24.3 Å². The number of hydrogen-bond donors (Lipinski definition) is 0. The van der Waals surface area contributed by atoms with Crippen molar-refractivity contribution in [2.24, 2.45) is 0 Å². The predicted octanol–water partition coefficient (Wildman–Crippen LogP) is 1.38. The van der Waals surface area contributed by atoms with Crippen LogP contribution in [0.1, 0.15) is 0 Å². The lowest BCUT2D eigenvalue weighted by Gasteiger charge is -2.33. The van der Waals surface area contributed by atoms with Gasteiger partial charge in [-0.05, 0) is 23.7 Å². The van der Waals surface area contributed by atoms with Gasteiger partial charge in [0.1, 0.15) is 5.82 Å². The molecular formula is C12H15N3O2S2. The van der Waals surface area contributed by atoms with Gasteiger partial charge in [0, 0.05) is 31.6 Å². The Bertz CT molecular complexity index is 688. The predicted molar refractivity (Wildman–Crippen MR) is 78.2 cm³/mol. The highest BCUT2D eigenvalue weighted by Gasteiger charge is 2.25. The third-order valence-corrected chi connectivity index (χ3v) is 5.49. The Hall–Kier alpha value is -1.18. The lowest BCUT2D eigenvalue weighted by Crippen LogP contribution is -2.48. The van der Waals surface area contributed by atoms with Crippen LogP contribution in [0.4, 0.5) is 5.82 Å². The standard InChI is InChI=1S/C12H15N3O2S2/c1-19(16,17)15-8-6-14(7-9-15)12-10-4-2-3-5-11(10)18-13-12/h2-5H,6-9H2,1H3. The molecule has 0 bridgehead atoms. The van der Waals surface area contributed by atoms with E-state index < -0.39 is 10.0 Å². The lowest BCUT2D eigenvalue weighted by atomic mass is 10.2. The van der Waals surface area contributed by atoms with Gasteiger partial charge in [-0.2, -0.15) is 8.68 Å². The molecule has 19 heavy (non-hydrogen) atoms. The molecule has 1 aliphatic heterocycles. The molecule has 5 nitrogen and oxygen atoms in total. The molecule has 0 saturated carbocycles. The van der Waals surface area contributed by atoms with Crippen LogP contribution < -0.4 is 4.90 Å². The van der Waals surface area contributed by atoms with Gasteiger partial charge < -0.3 is 4.90 Å². The molecule has 0 amide bonds. The summed E-state index contributed by atoms with van der Waals surface area (Å²) in [5.41, 5.74) is 0. The van der Waals surface area contributed by atoms with Gasteiger partial charge in [-0.3, -0.25) is 0 Å². The Morgan fingerprint density at radius 1 is 1.16 bits per heavy atom. The Balaban J connectivity index is 1.82. The van der Waals surface area contributed by atoms with Gasteiger partial charge in [0.25, 0.3) is 0 Å². The van der Waals surface area contributed by atoms with Crippen molar-refractivity contribution in [1.82, 2.24) is 8.68 Å². The summed E-state index contributed by atoms with van der Waals surface area (Å²) in [5, 5.41) is 1.15. The van der Waals surface area contributed by atoms with Crippen molar-refractivity contribution in [2.45, 2.75) is 0 Å². The number of nitrogens with zero attached hydrogens (tertiary/aromatic N) is 3. The highest BCUT2D eigenvalue weighted by Crippen LogP contribution is 2.29. The Morgan fingerprint density at radius 3 is 2.53 bits per heavy atom. The summed E-state index contributed by atoms with van der Waals surface area (Å²) in [6.45, 7) is 2.46. The van der Waals surface area contributed by atoms with E-state index in [1.807, 2.05) is 12.1 Å². The first-order valence-electron chi connectivity index (χ1n) is 6.10. The molecule has 3 rings (SSSR count). The maximum atomic E-state index is 11.5. The third kappa shape index (κ3) is 2.45. The second-order valence-corrected chi connectivity index (χ2v) is 7.44. The van der Waals surface area contributed by atoms with Crippen LogP contribution in [0.15, 0.2) is 24.3 Å². The molecule has 1 saturated heterocycles. The van der Waals surface area contributed by atoms with Crippen molar-refractivity contribution in [3.63, 3.8) is 0 Å². The van der Waals surface area contributed by atoms with Gasteiger partial charge in [0.2, 0.25) is 10.0 Å². The maximum Gasteiger partial charge on any atom is 0.211 e. The van der Waals surface area contributed by atoms with Gasteiger partial charge in [-0.15, -0.1) is 0 Å². The zero-order valence-electron chi connectivity index (χ0n) is 10.6. The van der Waals surface area contributed by atoms with E-state index in [0.29, 0.717) is 26.2 Å². The molecule has 0 radical (unpaired) electrons. The Labute approximate surface area is 116 Å². The van der Waals surface area contributed by atoms with Crippen molar-refractivity contribution >= 4 is 37.5 Å². The van der Waals surface area contributed by atoms with Gasteiger partial charge in [0.15, 0.2) is 0 Å². The molecule has 1 fully saturated rings. The molecule has 7 heteroatoms. The van der Waals surface area contributed by atoms with E-state index in [-0.39, 0.29) is 0 Å². The summed E-state index contributed by atoms with van der Waals surface area (Å²) in [7, 11) is -3.07. The van der Waals surface area contributed by atoms with Gasteiger partial charge in [0.05, 0.1) is 11.0 Å². The van der Waals surface area contributed by atoms with Crippen LogP contribution in [0, 0.1) is 0 Å². The summed E-state index contributed by atoms with van der Waals surface area (Å²) >= 11 is 1.49. The topological polar surface area (TPSA) is 53.5 Å². The summed E-state index contributed by atoms with van der Waals surface area (Å²) in [6, 6.07) is 8.14. The highest BCUT2D eigenvalue weighted by molar-refractivity contribution is 7.88. The average Bonchev–Trinajstić information content (AvgIpc) is 2.82. The monoisotopic (exact) mass is 297 g/mol. The first-order chi connectivity index (χ1) is 9.05. The minimum absolute atomic E-state index is 0.532. The van der Waals surface area contributed by atoms with E-state index in [1.165, 1.54) is 26.8 Å². The van der Waals surface area contributed by atoms with Gasteiger partial charge in [-0.25, -0.2) is 8.42 Å². The zero-order valence-corrected chi connectivity index (χ0v) is 12.2. The second-order valence-electron chi connectivity index (χ2n) is 4.65. The molecule has 0 aliphatic carbocycles. The number of aromatic nitrogens is 1. The molecule has 1 aromatic carbocycles. The minimum Gasteiger partial charge on any atom is -0.353 e. The Kier molecular flexibility index (Phi) is 3.20. The molecule has 0 atom stereocenters. The molecule has 2 aromatic rings. The number of fused-ring (bicyclic) bond motifs is 1. The van der Waals surface area contributed by atoms with Crippen molar-refractivity contribution in [3.8, 4) is 0 Å². The normalized spacial score (nSPS) is 18.1. The van der Waals surface area contributed by atoms with Crippen LogP contribution in [-0.4, -0.2) is 49.5 Å². The summed E-state index contributed by atoms with van der Waals surface area (Å²) in [4.78, 5) is 2.17. The molecule has 102 valence electrons. The van der Waals surface area contributed by atoms with E-state index >= 15 is 0 Å². The lowest BCUT2D eigenvalue weighted by molar-refractivity contribution is 0.387. The number of rotatable bonds is 2. The fourth-order valence-electron chi connectivity index (χ4n) is 2.33. The van der Waals surface area contributed by atoms with Crippen LogP contribution >= 0.6 is 11.5 Å². The van der Waals surface area contributed by atoms with E-state index in [9.17, 15) is 8.42 Å². The number of anilines is 1. The minimum atomic E-state index is -3.07. The zero-order chi connectivity index (χ0) is 13.5. The van der Waals surface area contributed by atoms with Crippen LogP contribution in [0.5, 0.6) is 0 Å². The highest BCUT2D eigenvalue weighted by atomic mass is 32.2. The van der Waals surface area contributed by atoms with Crippen molar-refractivity contribution in [2.75, 3.05) is 37.3 Å². The smallest absolute Gasteiger partial charge is 0.211 e. The van der Waals surface area contributed by atoms with E-state index in [1.54, 1.807) is 0 Å². The molecule has 0 unspecified atom stereocenters. The number of sulfonamides is 1. The molecule has 1 aromatic heterocycles. The quantitative estimate of drug-likeness (QED) is 0.840. The largest absolute Gasteiger partial charge is 0.353 e. The SMILES string of the molecule is CS(=O)(=O)N1CCN(c2nsc3ccccc23)CC1. The number of piperazine rings is 1. The molecule has 0 spiro atoms.